The van der Waals surface area contributed by atoms with Gasteiger partial charge in [0.05, 0.1) is 12.2 Å². The monoisotopic (exact) mass is 226 g/mol. The Hall–Kier alpha value is -0.570. The zero-order valence-corrected chi connectivity index (χ0v) is 10.1. The molecule has 0 spiro atoms. The first-order valence-corrected chi connectivity index (χ1v) is 6.46. The van der Waals surface area contributed by atoms with Gasteiger partial charge in [0.25, 0.3) is 0 Å². The number of carbonyl (C=O) groups excluding carboxylic acids is 1. The zero-order valence-electron chi connectivity index (χ0n) is 10.1. The first-order chi connectivity index (χ1) is 7.58. The molecule has 0 aliphatic heterocycles. The second kappa shape index (κ2) is 4.36. The van der Waals surface area contributed by atoms with Crippen molar-refractivity contribution in [2.45, 2.75) is 63.9 Å². The minimum atomic E-state index is -0.369. The highest BCUT2D eigenvalue weighted by molar-refractivity contribution is 5.69. The van der Waals surface area contributed by atoms with Crippen LogP contribution in [0.1, 0.15) is 58.3 Å². The molecule has 3 fully saturated rings. The summed E-state index contributed by atoms with van der Waals surface area (Å²) in [7, 11) is 0. The fraction of sp³-hybridized carbons (Fsp3) is 0.923. The van der Waals surface area contributed by atoms with Crippen LogP contribution in [-0.2, 0) is 9.53 Å². The van der Waals surface area contributed by atoms with Gasteiger partial charge in [0, 0.05) is 6.42 Å². The van der Waals surface area contributed by atoms with Crippen molar-refractivity contribution < 1.29 is 14.6 Å². The molecule has 0 aromatic heterocycles. The second-order valence-electron chi connectivity index (χ2n) is 5.53. The largest absolute Gasteiger partial charge is 0.466 e. The normalized spacial score (nSPS) is 37.4. The summed E-state index contributed by atoms with van der Waals surface area (Å²) in [5.41, 5.74) is -0.0388. The number of aliphatic hydroxyl groups is 1. The molecule has 16 heavy (non-hydrogen) atoms. The summed E-state index contributed by atoms with van der Waals surface area (Å²) in [6.45, 7) is 2.32. The average molecular weight is 226 g/mol. The van der Waals surface area contributed by atoms with E-state index in [1.54, 1.807) is 0 Å². The smallest absolute Gasteiger partial charge is 0.305 e. The van der Waals surface area contributed by atoms with E-state index in [0.717, 1.165) is 44.9 Å². The molecule has 2 bridgehead atoms. The average Bonchev–Trinajstić information content (AvgIpc) is 2.29. The van der Waals surface area contributed by atoms with E-state index in [1.807, 2.05) is 6.92 Å². The molecular weight excluding hydrogens is 204 g/mol. The lowest BCUT2D eigenvalue weighted by atomic mass is 9.57. The lowest BCUT2D eigenvalue weighted by Gasteiger charge is -2.51. The molecular formula is C13H22O3. The molecule has 0 radical (unpaired) electrons. The maximum Gasteiger partial charge on any atom is 0.305 e. The van der Waals surface area contributed by atoms with Gasteiger partial charge in [0.15, 0.2) is 0 Å². The van der Waals surface area contributed by atoms with Crippen LogP contribution in [-0.4, -0.2) is 23.3 Å². The lowest BCUT2D eigenvalue weighted by Crippen LogP contribution is -2.46. The SMILES string of the molecule is CCOC(=O)CCC12CCC(O)(CC1)CC2. The number of ether oxygens (including phenoxy) is 1. The minimum Gasteiger partial charge on any atom is -0.466 e. The Bertz CT molecular complexity index is 248. The van der Waals surface area contributed by atoms with Gasteiger partial charge in [0.2, 0.25) is 0 Å². The Morgan fingerprint density at radius 1 is 1.19 bits per heavy atom. The van der Waals surface area contributed by atoms with Crippen molar-refractivity contribution in [2.24, 2.45) is 5.41 Å². The molecule has 0 heterocycles. The van der Waals surface area contributed by atoms with Crippen molar-refractivity contribution in [3.05, 3.63) is 0 Å². The molecule has 0 saturated heterocycles. The summed E-state index contributed by atoms with van der Waals surface area (Å²) in [5, 5.41) is 10.1. The van der Waals surface area contributed by atoms with E-state index in [-0.39, 0.29) is 11.6 Å². The van der Waals surface area contributed by atoms with Gasteiger partial charge in [0.1, 0.15) is 0 Å². The van der Waals surface area contributed by atoms with E-state index in [0.29, 0.717) is 18.4 Å². The Morgan fingerprint density at radius 2 is 1.75 bits per heavy atom. The van der Waals surface area contributed by atoms with Gasteiger partial charge < -0.3 is 9.84 Å². The van der Waals surface area contributed by atoms with E-state index in [2.05, 4.69) is 0 Å². The Morgan fingerprint density at radius 3 is 2.25 bits per heavy atom. The van der Waals surface area contributed by atoms with Gasteiger partial charge in [-0.2, -0.15) is 0 Å². The third-order valence-corrected chi connectivity index (χ3v) is 4.53. The molecule has 3 aliphatic carbocycles. The van der Waals surface area contributed by atoms with E-state index in [1.165, 1.54) is 0 Å². The predicted octanol–water partition coefficient (Wildman–Crippen LogP) is 2.42. The van der Waals surface area contributed by atoms with Crippen molar-refractivity contribution in [3.8, 4) is 0 Å². The Kier molecular flexibility index (Phi) is 3.24. The van der Waals surface area contributed by atoms with Gasteiger partial charge in [-0.3, -0.25) is 4.79 Å². The Balaban J connectivity index is 1.83. The first kappa shape index (κ1) is 11.9. The van der Waals surface area contributed by atoms with Crippen LogP contribution in [0.25, 0.3) is 0 Å². The molecule has 3 nitrogen and oxygen atoms in total. The van der Waals surface area contributed by atoms with Crippen molar-refractivity contribution >= 4 is 5.97 Å². The minimum absolute atomic E-state index is 0.0664. The quantitative estimate of drug-likeness (QED) is 0.749. The van der Waals surface area contributed by atoms with Crippen LogP contribution in [0.5, 0.6) is 0 Å². The van der Waals surface area contributed by atoms with Crippen molar-refractivity contribution in [3.63, 3.8) is 0 Å². The topological polar surface area (TPSA) is 46.5 Å². The molecule has 0 aromatic rings. The number of esters is 1. The van der Waals surface area contributed by atoms with Gasteiger partial charge >= 0.3 is 5.97 Å². The van der Waals surface area contributed by atoms with E-state index < -0.39 is 0 Å². The highest BCUT2D eigenvalue weighted by atomic mass is 16.5. The number of fused-ring (bicyclic) bond motifs is 3. The van der Waals surface area contributed by atoms with Gasteiger partial charge in [-0.25, -0.2) is 0 Å². The van der Waals surface area contributed by atoms with Crippen LogP contribution < -0.4 is 0 Å². The molecule has 3 aliphatic rings. The molecule has 1 N–H and O–H groups in total. The van der Waals surface area contributed by atoms with Crippen LogP contribution in [0.4, 0.5) is 0 Å². The van der Waals surface area contributed by atoms with Gasteiger partial charge in [-0.1, -0.05) is 0 Å². The molecule has 3 rings (SSSR count). The Labute approximate surface area is 97.2 Å². The number of carbonyl (C=O) groups is 1. The molecule has 0 aromatic carbocycles. The van der Waals surface area contributed by atoms with Crippen molar-refractivity contribution in [1.29, 1.82) is 0 Å². The summed E-state index contributed by atoms with van der Waals surface area (Å²) < 4.78 is 4.97. The molecule has 92 valence electrons. The summed E-state index contributed by atoms with van der Waals surface area (Å²) in [4.78, 5) is 11.3. The van der Waals surface area contributed by atoms with E-state index in [4.69, 9.17) is 4.74 Å². The summed E-state index contributed by atoms with van der Waals surface area (Å²) in [6.07, 6.45) is 7.53. The van der Waals surface area contributed by atoms with Crippen LogP contribution in [0, 0.1) is 5.41 Å². The van der Waals surface area contributed by atoms with Crippen molar-refractivity contribution in [1.82, 2.24) is 0 Å². The maximum atomic E-state index is 11.3. The third-order valence-electron chi connectivity index (χ3n) is 4.53. The summed E-state index contributed by atoms with van der Waals surface area (Å²) in [6, 6.07) is 0. The van der Waals surface area contributed by atoms with Crippen molar-refractivity contribution in [2.75, 3.05) is 6.61 Å². The van der Waals surface area contributed by atoms with E-state index >= 15 is 0 Å². The highest BCUT2D eigenvalue weighted by Crippen LogP contribution is 2.54. The molecule has 3 heteroatoms. The first-order valence-electron chi connectivity index (χ1n) is 6.46. The zero-order chi connectivity index (χ0) is 11.6. The number of hydrogen-bond acceptors (Lipinski definition) is 3. The standard InChI is InChI=1S/C13H22O3/c1-2-16-11(14)3-4-12-5-8-13(15,9-6-12)10-7-12/h15H,2-10H2,1H3. The third kappa shape index (κ3) is 2.40. The van der Waals surface area contributed by atoms with Crippen LogP contribution >= 0.6 is 0 Å². The fourth-order valence-corrected chi connectivity index (χ4v) is 3.22. The molecule has 0 amide bonds. The number of rotatable bonds is 4. The molecule has 0 atom stereocenters. The molecule has 0 unspecified atom stereocenters. The van der Waals surface area contributed by atoms with Gasteiger partial charge in [-0.15, -0.1) is 0 Å². The predicted molar refractivity (Wildman–Crippen MR) is 61.0 cm³/mol. The summed E-state index contributed by atoms with van der Waals surface area (Å²) >= 11 is 0. The van der Waals surface area contributed by atoms with Crippen LogP contribution in [0.15, 0.2) is 0 Å². The van der Waals surface area contributed by atoms with E-state index in [9.17, 15) is 9.90 Å². The van der Waals surface area contributed by atoms with Gasteiger partial charge in [-0.05, 0) is 57.3 Å². The lowest BCUT2D eigenvalue weighted by molar-refractivity contribution is -0.145. The van der Waals surface area contributed by atoms with Crippen LogP contribution in [0.2, 0.25) is 0 Å². The second-order valence-corrected chi connectivity index (χ2v) is 5.53. The highest BCUT2D eigenvalue weighted by Gasteiger charge is 2.47. The molecule has 3 saturated carbocycles. The van der Waals surface area contributed by atoms with Crippen LogP contribution in [0.3, 0.4) is 0 Å². The number of hydrogen-bond donors (Lipinski definition) is 1. The maximum absolute atomic E-state index is 11.3. The fourth-order valence-electron chi connectivity index (χ4n) is 3.22. The summed E-state index contributed by atoms with van der Waals surface area (Å²) in [5.74, 6) is -0.0664.